The van der Waals surface area contributed by atoms with Crippen molar-refractivity contribution in [1.29, 1.82) is 15.8 Å². The number of hydrogen-bond donors (Lipinski definition) is 0. The molecular formula is C47H26N4. The van der Waals surface area contributed by atoms with E-state index in [1.807, 2.05) is 97.1 Å². The van der Waals surface area contributed by atoms with Crippen molar-refractivity contribution in [2.24, 2.45) is 0 Å². The molecule has 8 aromatic carbocycles. The van der Waals surface area contributed by atoms with Gasteiger partial charge in [0, 0.05) is 21.9 Å². The topological polar surface area (TPSA) is 76.3 Å². The van der Waals surface area contributed by atoms with Gasteiger partial charge in [0.05, 0.1) is 39.5 Å². The average Bonchev–Trinajstić information content (AvgIpc) is 3.53. The van der Waals surface area contributed by atoms with Crippen molar-refractivity contribution < 1.29 is 0 Å². The summed E-state index contributed by atoms with van der Waals surface area (Å²) >= 11 is 0. The maximum atomic E-state index is 11.2. The first kappa shape index (κ1) is 29.7. The third-order valence-corrected chi connectivity index (χ3v) is 9.89. The fourth-order valence-corrected chi connectivity index (χ4v) is 7.64. The molecule has 0 saturated carbocycles. The van der Waals surface area contributed by atoms with Crippen molar-refractivity contribution in [2.75, 3.05) is 0 Å². The first-order valence-electron chi connectivity index (χ1n) is 16.7. The van der Waals surface area contributed by atoms with E-state index >= 15 is 0 Å². The lowest BCUT2D eigenvalue weighted by Gasteiger charge is -2.21. The van der Waals surface area contributed by atoms with E-state index in [0.717, 1.165) is 65.6 Å². The molecule has 1 aromatic heterocycles. The highest BCUT2D eigenvalue weighted by molar-refractivity contribution is 6.15. The van der Waals surface area contributed by atoms with Crippen LogP contribution in [0.3, 0.4) is 0 Å². The Morgan fingerprint density at radius 2 is 1.02 bits per heavy atom. The van der Waals surface area contributed by atoms with Gasteiger partial charge in [0.25, 0.3) is 0 Å². The molecule has 0 radical (unpaired) electrons. The number of hydrogen-bond acceptors (Lipinski definition) is 3. The van der Waals surface area contributed by atoms with E-state index in [2.05, 4.69) is 77.4 Å². The highest BCUT2D eigenvalue weighted by atomic mass is 15.0. The molecule has 0 N–H and O–H groups in total. The van der Waals surface area contributed by atoms with Crippen molar-refractivity contribution in [3.05, 3.63) is 174 Å². The van der Waals surface area contributed by atoms with Gasteiger partial charge in [0.15, 0.2) is 0 Å². The van der Waals surface area contributed by atoms with Gasteiger partial charge in [-0.1, -0.05) is 121 Å². The third kappa shape index (κ3) is 4.66. The number of rotatable bonds is 4. The monoisotopic (exact) mass is 646 g/mol. The second kappa shape index (κ2) is 11.9. The van der Waals surface area contributed by atoms with Gasteiger partial charge in [-0.3, -0.25) is 0 Å². The lowest BCUT2D eigenvalue weighted by atomic mass is 9.85. The Kier molecular flexibility index (Phi) is 6.93. The molecule has 0 fully saturated rings. The molecule has 4 nitrogen and oxygen atoms in total. The van der Waals surface area contributed by atoms with Crippen LogP contribution in [-0.4, -0.2) is 4.57 Å². The molecule has 0 aliphatic carbocycles. The highest BCUT2D eigenvalue weighted by Crippen LogP contribution is 2.45. The molecule has 1 heterocycles. The predicted octanol–water partition coefficient (Wildman–Crippen LogP) is 11.7. The molecule has 9 rings (SSSR count). The fourth-order valence-electron chi connectivity index (χ4n) is 7.64. The number of fused-ring (bicyclic) bond motifs is 6. The quantitative estimate of drug-likeness (QED) is 0.179. The van der Waals surface area contributed by atoms with Crippen molar-refractivity contribution >= 4 is 43.4 Å². The van der Waals surface area contributed by atoms with Crippen LogP contribution in [0.1, 0.15) is 16.7 Å². The van der Waals surface area contributed by atoms with Crippen molar-refractivity contribution in [3.63, 3.8) is 0 Å². The molecule has 0 spiro atoms. The zero-order chi connectivity index (χ0) is 34.5. The van der Waals surface area contributed by atoms with Gasteiger partial charge in [-0.15, -0.1) is 0 Å². The van der Waals surface area contributed by atoms with Crippen molar-refractivity contribution in [1.82, 2.24) is 4.57 Å². The summed E-state index contributed by atoms with van der Waals surface area (Å²) in [5.74, 6) is 0. The number of benzene rings is 8. The lowest BCUT2D eigenvalue weighted by molar-refractivity contribution is 1.17. The molecule has 51 heavy (non-hydrogen) atoms. The lowest BCUT2D eigenvalue weighted by Crippen LogP contribution is -2.05. The first-order valence-corrected chi connectivity index (χ1v) is 16.7. The Hall–Kier alpha value is -7.45. The Labute approximate surface area is 294 Å². The van der Waals surface area contributed by atoms with Gasteiger partial charge in [-0.2, -0.15) is 15.8 Å². The minimum absolute atomic E-state index is 0.466. The summed E-state index contributed by atoms with van der Waals surface area (Å²) in [6.45, 7) is 0. The second-order valence-electron chi connectivity index (χ2n) is 12.6. The molecule has 234 valence electrons. The summed E-state index contributed by atoms with van der Waals surface area (Å²) < 4.78 is 2.14. The Balaban J connectivity index is 1.41. The Bertz CT molecular complexity index is 2950. The summed E-state index contributed by atoms with van der Waals surface area (Å²) in [5, 5.41) is 38.2. The van der Waals surface area contributed by atoms with Crippen molar-refractivity contribution in [3.8, 4) is 57.3 Å². The molecule has 0 atom stereocenters. The minimum atomic E-state index is 0.466. The summed E-state index contributed by atoms with van der Waals surface area (Å²) in [5.41, 5.74) is 9.11. The molecule has 9 aromatic rings. The summed E-state index contributed by atoms with van der Waals surface area (Å²) in [6.07, 6.45) is 0. The van der Waals surface area contributed by atoms with Crippen LogP contribution < -0.4 is 0 Å². The standard InChI is InChI=1S/C47H26N4/c48-27-30-10-9-12-33(24-30)31-20-22-32(23-21-31)46-43(29-50)42(41-25-34-11-1-2-13-36(34)37-14-3-4-15-38(37)41)26-35(28-49)47(46)51-44-18-7-5-16-39(44)40-17-6-8-19-45(40)51/h1-26H. The molecule has 0 amide bonds. The maximum Gasteiger partial charge on any atom is 0.101 e. The van der Waals surface area contributed by atoms with Crippen LogP contribution in [0.25, 0.3) is 82.4 Å². The minimum Gasteiger partial charge on any atom is -0.307 e. The van der Waals surface area contributed by atoms with Gasteiger partial charge >= 0.3 is 0 Å². The van der Waals surface area contributed by atoms with Crippen LogP contribution in [0, 0.1) is 34.0 Å². The smallest absolute Gasteiger partial charge is 0.101 e. The van der Waals surface area contributed by atoms with Gasteiger partial charge < -0.3 is 4.57 Å². The molecule has 4 heteroatoms. The van der Waals surface area contributed by atoms with Crippen LogP contribution in [0.15, 0.2) is 158 Å². The second-order valence-corrected chi connectivity index (χ2v) is 12.6. The van der Waals surface area contributed by atoms with Crippen LogP contribution in [0.5, 0.6) is 0 Å². The molecule has 0 aliphatic heterocycles. The van der Waals surface area contributed by atoms with Gasteiger partial charge in [-0.25, -0.2) is 0 Å². The summed E-state index contributed by atoms with van der Waals surface area (Å²) in [7, 11) is 0. The third-order valence-electron chi connectivity index (χ3n) is 9.89. The van der Waals surface area contributed by atoms with E-state index in [4.69, 9.17) is 0 Å². The molecular weight excluding hydrogens is 621 g/mol. The highest BCUT2D eigenvalue weighted by Gasteiger charge is 2.26. The van der Waals surface area contributed by atoms with Gasteiger partial charge in [0.2, 0.25) is 0 Å². The zero-order valence-electron chi connectivity index (χ0n) is 27.3. The average molecular weight is 647 g/mol. The van der Waals surface area contributed by atoms with E-state index in [-0.39, 0.29) is 0 Å². The van der Waals surface area contributed by atoms with Crippen LogP contribution >= 0.6 is 0 Å². The fraction of sp³-hybridized carbons (Fsp3) is 0. The maximum absolute atomic E-state index is 11.2. The number of para-hydroxylation sites is 2. The largest absolute Gasteiger partial charge is 0.307 e. The molecule has 0 unspecified atom stereocenters. The SMILES string of the molecule is N#Cc1cccc(-c2ccc(-c3c(C#N)c(-c4cc5ccccc5c5ccccc45)cc(C#N)c3-n3c4ccccc4c4ccccc43)cc2)c1. The summed E-state index contributed by atoms with van der Waals surface area (Å²) in [6, 6.07) is 60.0. The first-order chi connectivity index (χ1) is 25.2. The van der Waals surface area contributed by atoms with Crippen LogP contribution in [0.2, 0.25) is 0 Å². The summed E-state index contributed by atoms with van der Waals surface area (Å²) in [4.78, 5) is 0. The van der Waals surface area contributed by atoms with E-state index in [9.17, 15) is 15.8 Å². The normalized spacial score (nSPS) is 11.1. The Morgan fingerprint density at radius 3 is 1.69 bits per heavy atom. The number of aromatic nitrogens is 1. The van der Waals surface area contributed by atoms with E-state index in [0.29, 0.717) is 33.5 Å². The van der Waals surface area contributed by atoms with Crippen LogP contribution in [0.4, 0.5) is 0 Å². The zero-order valence-corrected chi connectivity index (χ0v) is 27.3. The predicted molar refractivity (Wildman–Crippen MR) is 206 cm³/mol. The van der Waals surface area contributed by atoms with Gasteiger partial charge in [-0.05, 0) is 80.2 Å². The van der Waals surface area contributed by atoms with Crippen LogP contribution in [-0.2, 0) is 0 Å². The molecule has 0 saturated heterocycles. The molecule has 0 bridgehead atoms. The van der Waals surface area contributed by atoms with E-state index in [1.165, 1.54) is 0 Å². The number of nitrogens with zero attached hydrogens (tertiary/aromatic N) is 4. The van der Waals surface area contributed by atoms with E-state index < -0.39 is 0 Å². The molecule has 0 aliphatic rings. The van der Waals surface area contributed by atoms with Gasteiger partial charge in [0.1, 0.15) is 12.1 Å². The number of nitriles is 3. The van der Waals surface area contributed by atoms with Crippen molar-refractivity contribution in [2.45, 2.75) is 0 Å². The van der Waals surface area contributed by atoms with E-state index in [1.54, 1.807) is 6.07 Å². The Morgan fingerprint density at radius 1 is 0.412 bits per heavy atom.